The van der Waals surface area contributed by atoms with E-state index in [0.29, 0.717) is 21.8 Å². The summed E-state index contributed by atoms with van der Waals surface area (Å²) < 4.78 is 0. The van der Waals surface area contributed by atoms with Gasteiger partial charge in [0.05, 0.1) is 0 Å². The molecule has 0 fully saturated rings. The highest BCUT2D eigenvalue weighted by Crippen LogP contribution is 2.18. The molecule has 0 bridgehead atoms. The number of anilines is 1. The predicted octanol–water partition coefficient (Wildman–Crippen LogP) is 2.45. The summed E-state index contributed by atoms with van der Waals surface area (Å²) in [4.78, 5) is 37.2. The number of rotatable bonds is 6. The lowest BCUT2D eigenvalue weighted by Crippen LogP contribution is -2.37. The van der Waals surface area contributed by atoms with Crippen molar-refractivity contribution in [3.8, 4) is 0 Å². The molecule has 1 atom stereocenters. The van der Waals surface area contributed by atoms with Crippen LogP contribution in [0.3, 0.4) is 0 Å². The SMILES string of the molecule is C=CC(=O)N(C)c1ccc(C(=O)NC(C(N)=O)c2ccc(Cl)cc2)cc1. The van der Waals surface area contributed by atoms with Crippen molar-refractivity contribution in [2.45, 2.75) is 6.04 Å². The van der Waals surface area contributed by atoms with Crippen LogP contribution in [-0.4, -0.2) is 24.8 Å². The van der Waals surface area contributed by atoms with Gasteiger partial charge in [-0.25, -0.2) is 0 Å². The zero-order valence-corrected chi connectivity index (χ0v) is 14.9. The van der Waals surface area contributed by atoms with Gasteiger partial charge in [-0.05, 0) is 48.0 Å². The van der Waals surface area contributed by atoms with Crippen molar-refractivity contribution in [2.24, 2.45) is 5.73 Å². The summed E-state index contributed by atoms with van der Waals surface area (Å²) in [6.07, 6.45) is 1.20. The average molecular weight is 372 g/mol. The summed E-state index contributed by atoms with van der Waals surface area (Å²) in [5.74, 6) is -1.42. The lowest BCUT2D eigenvalue weighted by molar-refractivity contribution is -0.120. The highest BCUT2D eigenvalue weighted by molar-refractivity contribution is 6.30. The van der Waals surface area contributed by atoms with Crippen LogP contribution in [0.4, 0.5) is 5.69 Å². The van der Waals surface area contributed by atoms with Crippen LogP contribution in [0.15, 0.2) is 61.2 Å². The van der Waals surface area contributed by atoms with Gasteiger partial charge in [-0.3, -0.25) is 14.4 Å². The van der Waals surface area contributed by atoms with Gasteiger partial charge in [0, 0.05) is 23.3 Å². The molecule has 1 unspecified atom stereocenters. The summed E-state index contributed by atoms with van der Waals surface area (Å²) in [6, 6.07) is 11.8. The number of primary amides is 1. The molecule has 2 aromatic rings. The minimum atomic E-state index is -0.982. The van der Waals surface area contributed by atoms with Gasteiger partial charge in [0.1, 0.15) is 6.04 Å². The average Bonchev–Trinajstić information content (AvgIpc) is 2.65. The van der Waals surface area contributed by atoms with E-state index in [-0.39, 0.29) is 5.91 Å². The van der Waals surface area contributed by atoms with E-state index < -0.39 is 17.9 Å². The molecule has 6 nitrogen and oxygen atoms in total. The van der Waals surface area contributed by atoms with Gasteiger partial charge < -0.3 is 16.0 Å². The first-order valence-electron chi connectivity index (χ1n) is 7.69. The zero-order chi connectivity index (χ0) is 19.3. The standard InChI is InChI=1S/C19H18ClN3O3/c1-3-16(24)23(2)15-10-6-13(7-11-15)19(26)22-17(18(21)25)12-4-8-14(20)9-5-12/h3-11,17H,1H2,2H3,(H2,21,25)(H,22,26). The summed E-state index contributed by atoms with van der Waals surface area (Å²) in [5.41, 5.74) is 6.87. The maximum atomic E-state index is 12.4. The fraction of sp³-hybridized carbons (Fsp3) is 0.105. The Labute approximate surface area is 156 Å². The van der Waals surface area contributed by atoms with E-state index in [0.717, 1.165) is 0 Å². The molecule has 0 radical (unpaired) electrons. The number of likely N-dealkylation sites (N-methyl/N-ethyl adjacent to an activating group) is 1. The van der Waals surface area contributed by atoms with Crippen molar-refractivity contribution in [3.05, 3.63) is 77.3 Å². The normalized spacial score (nSPS) is 11.3. The Morgan fingerprint density at radius 2 is 1.69 bits per heavy atom. The van der Waals surface area contributed by atoms with Crippen molar-refractivity contribution in [1.82, 2.24) is 5.32 Å². The molecule has 7 heteroatoms. The quantitative estimate of drug-likeness (QED) is 0.764. The monoisotopic (exact) mass is 371 g/mol. The van der Waals surface area contributed by atoms with Gasteiger partial charge in [0.25, 0.3) is 5.91 Å². The Hall–Kier alpha value is -3.12. The fourth-order valence-corrected chi connectivity index (χ4v) is 2.41. The molecule has 3 amide bonds. The number of nitrogens with zero attached hydrogens (tertiary/aromatic N) is 1. The van der Waals surface area contributed by atoms with E-state index in [1.165, 1.54) is 11.0 Å². The number of halogens is 1. The molecule has 0 aliphatic rings. The van der Waals surface area contributed by atoms with E-state index in [1.54, 1.807) is 55.6 Å². The molecular weight excluding hydrogens is 354 g/mol. The molecule has 0 heterocycles. The lowest BCUT2D eigenvalue weighted by atomic mass is 10.1. The maximum Gasteiger partial charge on any atom is 0.252 e. The second-order valence-electron chi connectivity index (χ2n) is 5.51. The third-order valence-electron chi connectivity index (χ3n) is 3.79. The Morgan fingerprint density at radius 3 is 2.19 bits per heavy atom. The van der Waals surface area contributed by atoms with Crippen LogP contribution in [0.5, 0.6) is 0 Å². The Balaban J connectivity index is 2.17. The molecule has 26 heavy (non-hydrogen) atoms. The fourth-order valence-electron chi connectivity index (χ4n) is 2.29. The Kier molecular flexibility index (Phi) is 6.14. The van der Waals surface area contributed by atoms with Crippen LogP contribution in [0.2, 0.25) is 5.02 Å². The Morgan fingerprint density at radius 1 is 1.12 bits per heavy atom. The molecule has 2 rings (SSSR count). The first kappa shape index (κ1) is 19.2. The van der Waals surface area contributed by atoms with E-state index in [2.05, 4.69) is 11.9 Å². The van der Waals surface area contributed by atoms with Crippen LogP contribution < -0.4 is 16.0 Å². The van der Waals surface area contributed by atoms with Crippen LogP contribution in [0, 0.1) is 0 Å². The summed E-state index contributed by atoms with van der Waals surface area (Å²) in [6.45, 7) is 3.43. The van der Waals surface area contributed by atoms with E-state index >= 15 is 0 Å². The predicted molar refractivity (Wildman–Crippen MR) is 101 cm³/mol. The van der Waals surface area contributed by atoms with Crippen molar-refractivity contribution in [3.63, 3.8) is 0 Å². The second-order valence-corrected chi connectivity index (χ2v) is 5.95. The smallest absolute Gasteiger partial charge is 0.252 e. The molecule has 0 saturated carbocycles. The van der Waals surface area contributed by atoms with Gasteiger partial charge >= 0.3 is 0 Å². The number of nitrogens with two attached hydrogens (primary N) is 1. The van der Waals surface area contributed by atoms with Gasteiger partial charge in [0.15, 0.2) is 0 Å². The van der Waals surface area contributed by atoms with Crippen LogP contribution in [-0.2, 0) is 9.59 Å². The highest BCUT2D eigenvalue weighted by atomic mass is 35.5. The number of amides is 3. The molecule has 134 valence electrons. The van der Waals surface area contributed by atoms with Gasteiger partial charge in [-0.15, -0.1) is 0 Å². The van der Waals surface area contributed by atoms with Crippen molar-refractivity contribution in [1.29, 1.82) is 0 Å². The highest BCUT2D eigenvalue weighted by Gasteiger charge is 2.21. The third-order valence-corrected chi connectivity index (χ3v) is 4.04. The molecule has 0 aliphatic carbocycles. The topological polar surface area (TPSA) is 92.5 Å². The number of carbonyl (C=O) groups excluding carboxylic acids is 3. The van der Waals surface area contributed by atoms with E-state index in [4.69, 9.17) is 17.3 Å². The minimum Gasteiger partial charge on any atom is -0.368 e. The van der Waals surface area contributed by atoms with Crippen molar-refractivity contribution >= 4 is 35.0 Å². The van der Waals surface area contributed by atoms with Crippen LogP contribution >= 0.6 is 11.6 Å². The first-order valence-corrected chi connectivity index (χ1v) is 8.07. The van der Waals surface area contributed by atoms with Crippen LogP contribution in [0.1, 0.15) is 22.0 Å². The number of hydrogen-bond donors (Lipinski definition) is 2. The number of hydrogen-bond acceptors (Lipinski definition) is 3. The largest absolute Gasteiger partial charge is 0.368 e. The summed E-state index contributed by atoms with van der Waals surface area (Å²) in [5, 5.41) is 3.11. The Bertz CT molecular complexity index is 832. The lowest BCUT2D eigenvalue weighted by Gasteiger charge is -2.17. The van der Waals surface area contributed by atoms with Crippen molar-refractivity contribution < 1.29 is 14.4 Å². The van der Waals surface area contributed by atoms with Gasteiger partial charge in [-0.1, -0.05) is 30.3 Å². The van der Waals surface area contributed by atoms with Crippen LogP contribution in [0.25, 0.3) is 0 Å². The second kappa shape index (κ2) is 8.31. The van der Waals surface area contributed by atoms with Crippen molar-refractivity contribution in [2.75, 3.05) is 11.9 Å². The molecule has 0 spiro atoms. The molecule has 3 N–H and O–H groups in total. The van der Waals surface area contributed by atoms with E-state index in [9.17, 15) is 14.4 Å². The molecular formula is C19H18ClN3O3. The maximum absolute atomic E-state index is 12.4. The molecule has 0 aliphatic heterocycles. The molecule has 0 aromatic heterocycles. The zero-order valence-electron chi connectivity index (χ0n) is 14.1. The number of carbonyl (C=O) groups is 3. The number of nitrogens with one attached hydrogen (secondary N) is 1. The van der Waals surface area contributed by atoms with E-state index in [1.807, 2.05) is 0 Å². The van der Waals surface area contributed by atoms with Gasteiger partial charge in [-0.2, -0.15) is 0 Å². The summed E-state index contributed by atoms with van der Waals surface area (Å²) in [7, 11) is 1.60. The molecule has 2 aromatic carbocycles. The van der Waals surface area contributed by atoms with Gasteiger partial charge in [0.2, 0.25) is 11.8 Å². The first-order chi connectivity index (χ1) is 12.3. The minimum absolute atomic E-state index is 0.265. The molecule has 0 saturated heterocycles. The summed E-state index contributed by atoms with van der Waals surface area (Å²) >= 11 is 5.83. The third kappa shape index (κ3) is 4.49. The number of benzene rings is 2.